The van der Waals surface area contributed by atoms with E-state index in [1.54, 1.807) is 12.1 Å². The second-order valence-corrected chi connectivity index (χ2v) is 15.8. The van der Waals surface area contributed by atoms with Crippen molar-refractivity contribution in [3.05, 3.63) is 41.5 Å². The van der Waals surface area contributed by atoms with Crippen molar-refractivity contribution < 1.29 is 18.3 Å². The molecular weight excluding hydrogens is 502 g/mol. The Bertz CT molecular complexity index is 1380. The average Bonchev–Trinajstić information content (AvgIpc) is 3.72. The number of urea groups is 1. The van der Waals surface area contributed by atoms with Crippen molar-refractivity contribution >= 4 is 15.9 Å². The van der Waals surface area contributed by atoms with E-state index >= 15 is 0 Å². The smallest absolute Gasteiger partial charge is 0.320 e. The Balaban J connectivity index is 0.776. The molecule has 2 aromatic rings. The molecule has 4 saturated carbocycles. The number of aromatic amines is 1. The second kappa shape index (κ2) is 7.59. The maximum Gasteiger partial charge on any atom is 0.320 e. The Morgan fingerprint density at radius 3 is 2.16 bits per heavy atom. The minimum atomic E-state index is -3.11. The molecule has 6 fully saturated rings. The van der Waals surface area contributed by atoms with Crippen molar-refractivity contribution in [3.8, 4) is 0 Å². The second-order valence-electron chi connectivity index (χ2n) is 13.5. The van der Waals surface area contributed by atoms with Crippen molar-refractivity contribution in [2.24, 2.45) is 16.7 Å². The number of rotatable bonds is 6. The molecule has 2 aliphatic heterocycles. The number of nitrogens with zero attached hydrogens (tertiary/aromatic N) is 4. The summed E-state index contributed by atoms with van der Waals surface area (Å²) in [5, 5.41) is 17.3. The van der Waals surface area contributed by atoms with E-state index in [1.807, 2.05) is 21.9 Å². The van der Waals surface area contributed by atoms with E-state index in [4.69, 9.17) is 0 Å². The molecule has 8 rings (SSSR count). The van der Waals surface area contributed by atoms with E-state index in [-0.39, 0.29) is 16.7 Å². The number of H-pyrrole nitrogens is 1. The zero-order chi connectivity index (χ0) is 25.9. The van der Waals surface area contributed by atoms with Gasteiger partial charge in [-0.05, 0) is 81.4 Å². The number of aliphatic hydroxyl groups is 1. The molecule has 3 heterocycles. The van der Waals surface area contributed by atoms with Crippen LogP contribution in [0.3, 0.4) is 0 Å². The fourth-order valence-corrected chi connectivity index (χ4v) is 9.39. The number of carbonyl (C=O) groups is 1. The van der Waals surface area contributed by atoms with Gasteiger partial charge in [-0.25, -0.2) is 18.2 Å². The zero-order valence-corrected chi connectivity index (χ0v) is 22.4. The summed E-state index contributed by atoms with van der Waals surface area (Å²) in [4.78, 5) is 22.1. The predicted octanol–water partition coefficient (Wildman–Crippen LogP) is 2.98. The molecule has 2 saturated heterocycles. The van der Waals surface area contributed by atoms with Gasteiger partial charge < -0.3 is 14.9 Å². The predicted molar refractivity (Wildman–Crippen MR) is 138 cm³/mol. The van der Waals surface area contributed by atoms with Crippen LogP contribution in [0.15, 0.2) is 29.2 Å². The van der Waals surface area contributed by atoms with Gasteiger partial charge in [-0.15, -0.1) is 0 Å². The van der Waals surface area contributed by atoms with Crippen molar-refractivity contribution in [1.82, 2.24) is 25.0 Å². The zero-order valence-electron chi connectivity index (χ0n) is 21.6. The molecular formula is C28H35N5O4S. The lowest BCUT2D eigenvalue weighted by Crippen LogP contribution is -2.70. The molecule has 0 bridgehead atoms. The Morgan fingerprint density at radius 2 is 1.58 bits per heavy atom. The molecule has 10 heteroatoms. The van der Waals surface area contributed by atoms with E-state index < -0.39 is 15.4 Å². The number of amides is 2. The van der Waals surface area contributed by atoms with Crippen LogP contribution in [0, 0.1) is 16.7 Å². The summed E-state index contributed by atoms with van der Waals surface area (Å²) < 4.78 is 24.8. The number of likely N-dealkylation sites (tertiary alicyclic amines) is 2. The Hall–Kier alpha value is -2.46. The molecule has 0 unspecified atom stereocenters. The first-order chi connectivity index (χ1) is 18.1. The lowest BCUT2D eigenvalue weighted by Gasteiger charge is -2.63. The highest BCUT2D eigenvalue weighted by molar-refractivity contribution is 7.92. The molecule has 38 heavy (non-hydrogen) atoms. The van der Waals surface area contributed by atoms with Gasteiger partial charge >= 0.3 is 6.03 Å². The van der Waals surface area contributed by atoms with E-state index in [1.165, 1.54) is 5.56 Å². The third kappa shape index (κ3) is 3.66. The normalized spacial score (nSPS) is 27.0. The number of hydrogen-bond donors (Lipinski definition) is 2. The van der Waals surface area contributed by atoms with E-state index in [9.17, 15) is 18.3 Å². The Morgan fingerprint density at radius 1 is 0.974 bits per heavy atom. The van der Waals surface area contributed by atoms with Gasteiger partial charge in [0, 0.05) is 42.9 Å². The van der Waals surface area contributed by atoms with Crippen molar-refractivity contribution in [3.63, 3.8) is 0 Å². The highest BCUT2D eigenvalue weighted by Crippen LogP contribution is 2.57. The van der Waals surface area contributed by atoms with Gasteiger partial charge in [0.15, 0.2) is 15.7 Å². The largest absolute Gasteiger partial charge is 0.382 e. The van der Waals surface area contributed by atoms with Gasteiger partial charge in [-0.2, -0.15) is 5.10 Å². The van der Waals surface area contributed by atoms with Gasteiger partial charge in [0.1, 0.15) is 11.4 Å². The molecule has 2 amide bonds. The van der Waals surface area contributed by atoms with Gasteiger partial charge in [0.25, 0.3) is 0 Å². The third-order valence-electron chi connectivity index (χ3n) is 10.2. The summed E-state index contributed by atoms with van der Waals surface area (Å²) in [7, 11) is -3.11. The summed E-state index contributed by atoms with van der Waals surface area (Å²) in [6.45, 7) is 3.42. The molecule has 2 N–H and O–H groups in total. The molecule has 4 aliphatic carbocycles. The first-order valence-electron chi connectivity index (χ1n) is 14.2. The van der Waals surface area contributed by atoms with Gasteiger partial charge in [-0.3, -0.25) is 5.10 Å². The maximum atomic E-state index is 13.0. The first kappa shape index (κ1) is 23.4. The van der Waals surface area contributed by atoms with Crippen LogP contribution in [0.4, 0.5) is 4.79 Å². The molecule has 6 aliphatic rings. The molecule has 9 nitrogen and oxygen atoms in total. The summed E-state index contributed by atoms with van der Waals surface area (Å²) in [6.07, 6.45) is 8.44. The molecule has 2 spiro atoms. The van der Waals surface area contributed by atoms with Gasteiger partial charge in [-0.1, -0.05) is 12.1 Å². The molecule has 0 radical (unpaired) electrons. The molecule has 1 aromatic heterocycles. The minimum absolute atomic E-state index is 0.161. The quantitative estimate of drug-likeness (QED) is 0.585. The Labute approximate surface area is 222 Å². The topological polar surface area (TPSA) is 119 Å². The van der Waals surface area contributed by atoms with Crippen LogP contribution < -0.4 is 0 Å². The van der Waals surface area contributed by atoms with Crippen LogP contribution in [-0.4, -0.2) is 76.0 Å². The standard InChI is InChI=1S/C28H35N5O4S/c34-25(33-16-27(17-33)12-20(13-27)23-29-24(31-30-23)28(35)7-8-28)32-14-26(15-32)10-19(11-26)9-18-1-3-21(4-2-18)38(36,37)22-5-6-22/h1-4,19-20,22,35H,5-17H2,(H,29,30,31). The summed E-state index contributed by atoms with van der Waals surface area (Å²) >= 11 is 0. The molecule has 1 aromatic carbocycles. The maximum absolute atomic E-state index is 13.0. The fraction of sp³-hybridized carbons (Fsp3) is 0.679. The highest BCUT2D eigenvalue weighted by atomic mass is 32.2. The third-order valence-corrected chi connectivity index (χ3v) is 12.5. The minimum Gasteiger partial charge on any atom is -0.382 e. The lowest BCUT2D eigenvalue weighted by atomic mass is 9.56. The van der Waals surface area contributed by atoms with Crippen molar-refractivity contribution in [2.45, 2.75) is 79.5 Å². The molecule has 202 valence electrons. The van der Waals surface area contributed by atoms with E-state index in [2.05, 4.69) is 15.2 Å². The van der Waals surface area contributed by atoms with Gasteiger partial charge in [0.05, 0.1) is 10.1 Å². The van der Waals surface area contributed by atoms with E-state index in [0.29, 0.717) is 28.0 Å². The SMILES string of the molecule is O=C(N1CC2(CC(Cc3ccc(S(=O)(=O)C4CC4)cc3)C2)C1)N1CC2(CC(c3nc(C4(O)CC4)n[nH]3)C2)C1. The van der Waals surface area contributed by atoms with E-state index in [0.717, 1.165) is 89.8 Å². The Kier molecular flexibility index (Phi) is 4.68. The van der Waals surface area contributed by atoms with Crippen LogP contribution in [0.1, 0.15) is 74.5 Å². The number of nitrogens with one attached hydrogen (secondary N) is 1. The van der Waals surface area contributed by atoms with Crippen LogP contribution in [0.5, 0.6) is 0 Å². The summed E-state index contributed by atoms with van der Waals surface area (Å²) in [5.74, 6) is 2.41. The van der Waals surface area contributed by atoms with Crippen LogP contribution in [-0.2, 0) is 21.9 Å². The van der Waals surface area contributed by atoms with Crippen LogP contribution in [0.25, 0.3) is 0 Å². The fourth-order valence-electron chi connectivity index (χ4n) is 7.73. The number of carbonyl (C=O) groups excluding carboxylic acids is 1. The van der Waals surface area contributed by atoms with Gasteiger partial charge in [0.2, 0.25) is 0 Å². The number of sulfone groups is 1. The first-order valence-corrected chi connectivity index (χ1v) is 15.7. The number of benzene rings is 1. The number of hydrogen-bond acceptors (Lipinski definition) is 6. The van der Waals surface area contributed by atoms with Crippen molar-refractivity contribution in [1.29, 1.82) is 0 Å². The van der Waals surface area contributed by atoms with Crippen molar-refractivity contribution in [2.75, 3.05) is 26.2 Å². The van der Waals surface area contributed by atoms with Crippen LogP contribution >= 0.6 is 0 Å². The number of aromatic nitrogens is 3. The summed E-state index contributed by atoms with van der Waals surface area (Å²) in [5.41, 5.74) is 0.953. The van der Waals surface area contributed by atoms with Crippen LogP contribution in [0.2, 0.25) is 0 Å². The average molecular weight is 538 g/mol. The summed E-state index contributed by atoms with van der Waals surface area (Å²) in [6, 6.07) is 7.73. The highest BCUT2D eigenvalue weighted by Gasteiger charge is 2.59. The molecule has 0 atom stereocenters. The monoisotopic (exact) mass is 537 g/mol. The lowest BCUT2D eigenvalue weighted by molar-refractivity contribution is -0.100.